The predicted molar refractivity (Wildman–Crippen MR) is 135 cm³/mol. The van der Waals surface area contributed by atoms with Crippen molar-refractivity contribution in [1.82, 2.24) is 4.90 Å². The first-order valence-electron chi connectivity index (χ1n) is 11.9. The van der Waals surface area contributed by atoms with Crippen LogP contribution in [0.5, 0.6) is 0 Å². The topological polar surface area (TPSA) is 88.0 Å². The van der Waals surface area contributed by atoms with Crippen LogP contribution < -0.4 is 10.2 Å². The van der Waals surface area contributed by atoms with Crippen LogP contribution in [-0.2, 0) is 14.6 Å². The first-order valence-corrected chi connectivity index (χ1v) is 13.7. The van der Waals surface area contributed by atoms with E-state index in [9.17, 15) is 18.0 Å². The van der Waals surface area contributed by atoms with Crippen LogP contribution in [0.1, 0.15) is 55.6 Å². The Morgan fingerprint density at radius 1 is 1.12 bits per heavy atom. The van der Waals surface area contributed by atoms with E-state index in [0.717, 1.165) is 16.9 Å². The van der Waals surface area contributed by atoms with Crippen LogP contribution in [0.25, 0.3) is 0 Å². The number of anilines is 1. The van der Waals surface area contributed by atoms with Gasteiger partial charge in [0, 0.05) is 28.9 Å². The van der Waals surface area contributed by atoms with Crippen molar-refractivity contribution in [3.63, 3.8) is 0 Å². The molecule has 4 unspecified atom stereocenters. The Kier molecular flexibility index (Phi) is 8.49. The van der Waals surface area contributed by atoms with Crippen molar-refractivity contribution in [3.05, 3.63) is 65.7 Å². The van der Waals surface area contributed by atoms with Crippen LogP contribution in [0.15, 0.2) is 54.6 Å². The number of nitrogens with zero attached hydrogens (tertiary/aromatic N) is 1. The fourth-order valence-electron chi connectivity index (χ4n) is 4.45. The molecular formula is C26H36N3O4S+. The van der Waals surface area contributed by atoms with E-state index in [1.165, 1.54) is 0 Å². The Balaban J connectivity index is 1.68. The van der Waals surface area contributed by atoms with E-state index < -0.39 is 9.84 Å². The minimum absolute atomic E-state index is 0.00335. The molecule has 0 saturated carbocycles. The molecule has 2 N–H and O–H groups in total. The van der Waals surface area contributed by atoms with Gasteiger partial charge in [-0.15, -0.1) is 0 Å². The van der Waals surface area contributed by atoms with E-state index >= 15 is 0 Å². The van der Waals surface area contributed by atoms with Crippen molar-refractivity contribution >= 4 is 27.3 Å². The summed E-state index contributed by atoms with van der Waals surface area (Å²) >= 11 is 0. The Hall–Kier alpha value is -2.71. The summed E-state index contributed by atoms with van der Waals surface area (Å²) in [6, 6.07) is 16.5. The van der Waals surface area contributed by atoms with Crippen molar-refractivity contribution in [2.75, 3.05) is 30.4 Å². The Bertz CT molecular complexity index is 1100. The molecule has 34 heavy (non-hydrogen) atoms. The molecule has 2 aromatic rings. The van der Waals surface area contributed by atoms with Gasteiger partial charge in [-0.3, -0.25) is 9.59 Å². The molecular weight excluding hydrogens is 450 g/mol. The number of quaternary nitrogens is 1. The molecule has 0 aromatic heterocycles. The van der Waals surface area contributed by atoms with Gasteiger partial charge in [0.2, 0.25) is 0 Å². The number of nitrogens with one attached hydrogen (secondary N) is 2. The molecule has 2 aromatic carbocycles. The van der Waals surface area contributed by atoms with Gasteiger partial charge in [0.25, 0.3) is 11.8 Å². The van der Waals surface area contributed by atoms with Crippen LogP contribution in [0.4, 0.5) is 5.69 Å². The van der Waals surface area contributed by atoms with Crippen molar-refractivity contribution in [1.29, 1.82) is 0 Å². The summed E-state index contributed by atoms with van der Waals surface area (Å²) in [5.74, 6) is 0.0191. The second-order valence-corrected chi connectivity index (χ2v) is 11.5. The highest BCUT2D eigenvalue weighted by Gasteiger charge is 2.37. The van der Waals surface area contributed by atoms with Crippen LogP contribution in [0.3, 0.4) is 0 Å². The maximum absolute atomic E-state index is 13.3. The van der Waals surface area contributed by atoms with E-state index in [0.29, 0.717) is 17.7 Å². The lowest BCUT2D eigenvalue weighted by Crippen LogP contribution is -3.10. The van der Waals surface area contributed by atoms with Crippen molar-refractivity contribution in [2.24, 2.45) is 0 Å². The molecule has 184 valence electrons. The second-order valence-electron chi connectivity index (χ2n) is 9.31. The fourth-order valence-corrected chi connectivity index (χ4v) is 6.16. The highest BCUT2D eigenvalue weighted by Crippen LogP contribution is 2.21. The van der Waals surface area contributed by atoms with E-state index in [4.69, 9.17) is 0 Å². The summed E-state index contributed by atoms with van der Waals surface area (Å²) in [5, 5.41) is 2.94. The minimum Gasteiger partial charge on any atom is -0.331 e. The summed E-state index contributed by atoms with van der Waals surface area (Å²) in [5.41, 5.74) is 2.30. The Morgan fingerprint density at radius 3 is 2.44 bits per heavy atom. The number of carbonyl (C=O) groups is 2. The molecule has 1 heterocycles. The molecule has 0 spiro atoms. The van der Waals surface area contributed by atoms with Gasteiger partial charge in [-0.05, 0) is 51.0 Å². The lowest BCUT2D eigenvalue weighted by atomic mass is 10.1. The van der Waals surface area contributed by atoms with E-state index in [2.05, 4.69) is 5.32 Å². The van der Waals surface area contributed by atoms with Gasteiger partial charge in [-0.25, -0.2) is 8.42 Å². The average molecular weight is 487 g/mol. The molecule has 8 heteroatoms. The molecule has 2 amide bonds. The number of carbonyl (C=O) groups excluding carboxylic acids is 2. The summed E-state index contributed by atoms with van der Waals surface area (Å²) < 4.78 is 24.0. The summed E-state index contributed by atoms with van der Waals surface area (Å²) in [7, 11) is -1.10. The van der Waals surface area contributed by atoms with Crippen LogP contribution >= 0.6 is 0 Å². The normalized spacial score (nSPS) is 19.7. The summed E-state index contributed by atoms with van der Waals surface area (Å²) in [6.07, 6.45) is 1.29. The molecule has 0 radical (unpaired) electrons. The smallest absolute Gasteiger partial charge is 0.278 e. The number of rotatable bonds is 9. The van der Waals surface area contributed by atoms with Crippen molar-refractivity contribution in [3.8, 4) is 0 Å². The van der Waals surface area contributed by atoms with E-state index in [1.807, 2.05) is 70.3 Å². The monoisotopic (exact) mass is 486 g/mol. The van der Waals surface area contributed by atoms with Crippen molar-refractivity contribution in [2.45, 2.75) is 51.7 Å². The Labute approximate surface area is 203 Å². The summed E-state index contributed by atoms with van der Waals surface area (Å²) in [6.45, 7) is 6.32. The number of amides is 2. The first-order chi connectivity index (χ1) is 16.1. The van der Waals surface area contributed by atoms with Gasteiger partial charge in [-0.2, -0.15) is 0 Å². The largest absolute Gasteiger partial charge is 0.331 e. The third kappa shape index (κ3) is 6.45. The molecule has 0 bridgehead atoms. The molecule has 1 aliphatic rings. The van der Waals surface area contributed by atoms with Gasteiger partial charge in [0.05, 0.1) is 18.6 Å². The number of benzene rings is 2. The predicted octanol–water partition coefficient (Wildman–Crippen LogP) is 2.33. The fraction of sp³-hybridized carbons (Fsp3) is 0.462. The number of likely N-dealkylation sites (N-methyl/N-ethyl adjacent to an activating group) is 1. The maximum Gasteiger partial charge on any atom is 0.278 e. The van der Waals surface area contributed by atoms with E-state index in [1.54, 1.807) is 17.0 Å². The zero-order chi connectivity index (χ0) is 24.9. The molecule has 1 aliphatic heterocycles. The van der Waals surface area contributed by atoms with Crippen LogP contribution in [0, 0.1) is 0 Å². The zero-order valence-electron chi connectivity index (χ0n) is 20.5. The zero-order valence-corrected chi connectivity index (χ0v) is 21.3. The number of hydrogen-bond donors (Lipinski definition) is 2. The lowest BCUT2D eigenvalue weighted by Gasteiger charge is -2.34. The van der Waals surface area contributed by atoms with Gasteiger partial charge in [0.1, 0.15) is 6.04 Å². The number of sulfone groups is 1. The second kappa shape index (κ2) is 11.1. The molecule has 3 rings (SSSR count). The van der Waals surface area contributed by atoms with Gasteiger partial charge in [0.15, 0.2) is 16.4 Å². The molecule has 1 fully saturated rings. The van der Waals surface area contributed by atoms with Gasteiger partial charge < -0.3 is 15.1 Å². The van der Waals surface area contributed by atoms with Crippen LogP contribution in [0.2, 0.25) is 0 Å². The van der Waals surface area contributed by atoms with Gasteiger partial charge in [-0.1, -0.05) is 37.3 Å². The third-order valence-corrected chi connectivity index (χ3v) is 8.56. The standard InChI is InChI=1S/C26H35N3O4S/c1-5-19(2)29(24-14-15-34(32,33)18-24)25(30)17-28(4)20(3)22-12-9-13-23(16-22)27-26(31)21-10-7-6-8-11-21/h6-13,16,19-20,24H,5,14-15,17-18H2,1-4H3,(H,27,31)/p+1. The minimum atomic E-state index is -3.07. The average Bonchev–Trinajstić information content (AvgIpc) is 3.18. The van der Waals surface area contributed by atoms with Crippen molar-refractivity contribution < 1.29 is 22.9 Å². The van der Waals surface area contributed by atoms with Gasteiger partial charge >= 0.3 is 0 Å². The maximum atomic E-state index is 13.3. The first kappa shape index (κ1) is 25.9. The Morgan fingerprint density at radius 2 is 1.82 bits per heavy atom. The highest BCUT2D eigenvalue weighted by atomic mass is 32.2. The molecule has 4 atom stereocenters. The number of hydrogen-bond acceptors (Lipinski definition) is 4. The highest BCUT2D eigenvalue weighted by molar-refractivity contribution is 7.91. The summed E-state index contributed by atoms with van der Waals surface area (Å²) in [4.78, 5) is 28.6. The quantitative estimate of drug-likeness (QED) is 0.570. The van der Waals surface area contributed by atoms with E-state index in [-0.39, 0.29) is 48.0 Å². The third-order valence-electron chi connectivity index (χ3n) is 6.81. The SMILES string of the molecule is CCC(C)N(C(=O)C[NH+](C)C(C)c1cccc(NC(=O)c2ccccc2)c1)C1CCS(=O)(=O)C1. The molecule has 0 aliphatic carbocycles. The lowest BCUT2D eigenvalue weighted by molar-refractivity contribution is -0.902. The van der Waals surface area contributed by atoms with Crippen LogP contribution in [-0.4, -0.2) is 62.3 Å². The molecule has 7 nitrogen and oxygen atoms in total. The molecule has 1 saturated heterocycles.